The minimum absolute atomic E-state index is 0.240. The lowest BCUT2D eigenvalue weighted by Gasteiger charge is -2.25. The van der Waals surface area contributed by atoms with E-state index >= 15 is 0 Å². The molecule has 0 spiro atoms. The first kappa shape index (κ1) is 10.8. The maximum atomic E-state index is 10.6. The molecule has 0 aromatic carbocycles. The predicted molar refractivity (Wildman–Crippen MR) is 52.2 cm³/mol. The van der Waals surface area contributed by atoms with Gasteiger partial charge in [0.25, 0.3) is 0 Å². The standard InChI is InChI=1S/C11H15NO2/c1-9(13)14-8-11-5-3-2-4-10(11)6-7-12/h2-3,10-11H,4-6,8H2,1H3/t10-,11+/m1/s1. The minimum Gasteiger partial charge on any atom is -0.466 e. The molecule has 0 fully saturated rings. The highest BCUT2D eigenvalue weighted by atomic mass is 16.5. The maximum Gasteiger partial charge on any atom is 0.302 e. The summed E-state index contributed by atoms with van der Waals surface area (Å²) in [4.78, 5) is 10.6. The van der Waals surface area contributed by atoms with Crippen LogP contribution < -0.4 is 0 Å². The average Bonchev–Trinajstić information content (AvgIpc) is 2.17. The third-order valence-electron chi connectivity index (χ3n) is 2.57. The molecule has 3 heteroatoms. The van der Waals surface area contributed by atoms with Gasteiger partial charge < -0.3 is 4.74 Å². The van der Waals surface area contributed by atoms with Crippen LogP contribution in [0.3, 0.4) is 0 Å². The van der Waals surface area contributed by atoms with Crippen molar-refractivity contribution in [3.63, 3.8) is 0 Å². The Morgan fingerprint density at radius 3 is 2.71 bits per heavy atom. The summed E-state index contributed by atoms with van der Waals surface area (Å²) < 4.78 is 4.98. The number of esters is 1. The molecule has 0 aromatic heterocycles. The maximum absolute atomic E-state index is 10.6. The molecule has 0 radical (unpaired) electrons. The second-order valence-corrected chi connectivity index (χ2v) is 3.63. The van der Waals surface area contributed by atoms with Crippen LogP contribution >= 0.6 is 0 Å². The number of carbonyl (C=O) groups is 1. The highest BCUT2D eigenvalue weighted by molar-refractivity contribution is 5.65. The number of hydrogen-bond acceptors (Lipinski definition) is 3. The highest BCUT2D eigenvalue weighted by Crippen LogP contribution is 2.28. The molecule has 0 aliphatic heterocycles. The lowest BCUT2D eigenvalue weighted by molar-refractivity contribution is -0.142. The SMILES string of the molecule is CC(=O)OC[C@@H]1CC=CC[C@@H]1CC#N. The Balaban J connectivity index is 2.43. The third kappa shape index (κ3) is 3.21. The fraction of sp³-hybridized carbons (Fsp3) is 0.636. The van der Waals surface area contributed by atoms with Gasteiger partial charge in [-0.05, 0) is 18.8 Å². The number of ether oxygens (including phenoxy) is 1. The van der Waals surface area contributed by atoms with Crippen LogP contribution in [0.1, 0.15) is 26.2 Å². The molecule has 0 saturated heterocycles. The molecule has 0 saturated carbocycles. The zero-order valence-electron chi connectivity index (χ0n) is 8.40. The van der Waals surface area contributed by atoms with E-state index in [0.29, 0.717) is 24.9 Å². The number of allylic oxidation sites excluding steroid dienone is 2. The van der Waals surface area contributed by atoms with Crippen LogP contribution in [0.25, 0.3) is 0 Å². The molecular formula is C11H15NO2. The summed E-state index contributed by atoms with van der Waals surface area (Å²) in [6.07, 6.45) is 6.60. The fourth-order valence-corrected chi connectivity index (χ4v) is 1.72. The predicted octanol–water partition coefficient (Wildman–Crippen LogP) is 2.05. The smallest absolute Gasteiger partial charge is 0.302 e. The van der Waals surface area contributed by atoms with Gasteiger partial charge in [0.05, 0.1) is 12.7 Å². The lowest BCUT2D eigenvalue weighted by Crippen LogP contribution is -2.22. The van der Waals surface area contributed by atoms with Crippen LogP contribution in [0.15, 0.2) is 12.2 Å². The topological polar surface area (TPSA) is 50.1 Å². The van der Waals surface area contributed by atoms with Crippen molar-refractivity contribution < 1.29 is 9.53 Å². The first-order valence-electron chi connectivity index (χ1n) is 4.89. The van der Waals surface area contributed by atoms with Gasteiger partial charge in [0.15, 0.2) is 0 Å². The molecule has 14 heavy (non-hydrogen) atoms. The highest BCUT2D eigenvalue weighted by Gasteiger charge is 2.22. The molecule has 1 aliphatic rings. The second-order valence-electron chi connectivity index (χ2n) is 3.63. The molecule has 1 rings (SSSR count). The molecule has 0 amide bonds. The van der Waals surface area contributed by atoms with E-state index in [9.17, 15) is 4.79 Å². The summed E-state index contributed by atoms with van der Waals surface area (Å²) in [7, 11) is 0. The first-order chi connectivity index (χ1) is 6.74. The van der Waals surface area contributed by atoms with E-state index in [1.807, 2.05) is 0 Å². The van der Waals surface area contributed by atoms with E-state index in [0.717, 1.165) is 12.8 Å². The number of nitrogens with zero attached hydrogens (tertiary/aromatic N) is 1. The zero-order valence-corrected chi connectivity index (χ0v) is 8.40. The van der Waals surface area contributed by atoms with Crippen molar-refractivity contribution in [1.29, 1.82) is 5.26 Å². The van der Waals surface area contributed by atoms with Crippen molar-refractivity contribution in [1.82, 2.24) is 0 Å². The molecule has 0 heterocycles. The van der Waals surface area contributed by atoms with Gasteiger partial charge in [0.2, 0.25) is 0 Å². The molecule has 0 aromatic rings. The van der Waals surface area contributed by atoms with Crippen LogP contribution in [0.4, 0.5) is 0 Å². The van der Waals surface area contributed by atoms with E-state index < -0.39 is 0 Å². The zero-order chi connectivity index (χ0) is 10.4. The van der Waals surface area contributed by atoms with Crippen LogP contribution in [0.5, 0.6) is 0 Å². The molecule has 3 nitrogen and oxygen atoms in total. The summed E-state index contributed by atoms with van der Waals surface area (Å²) >= 11 is 0. The summed E-state index contributed by atoms with van der Waals surface area (Å²) in [6, 6.07) is 2.18. The first-order valence-corrected chi connectivity index (χ1v) is 4.89. The van der Waals surface area contributed by atoms with Crippen LogP contribution in [0.2, 0.25) is 0 Å². The molecule has 2 atom stereocenters. The molecule has 0 bridgehead atoms. The van der Waals surface area contributed by atoms with E-state index in [1.165, 1.54) is 6.92 Å². The van der Waals surface area contributed by atoms with Gasteiger partial charge in [-0.3, -0.25) is 4.79 Å². The molecule has 76 valence electrons. The Morgan fingerprint density at radius 2 is 2.14 bits per heavy atom. The Kier molecular flexibility index (Phi) is 4.18. The molecule has 0 unspecified atom stereocenters. The van der Waals surface area contributed by atoms with Gasteiger partial charge in [0, 0.05) is 19.3 Å². The van der Waals surface area contributed by atoms with Gasteiger partial charge in [-0.15, -0.1) is 0 Å². The van der Waals surface area contributed by atoms with Crippen LogP contribution in [0, 0.1) is 23.2 Å². The average molecular weight is 193 g/mol. The van der Waals surface area contributed by atoms with E-state index in [2.05, 4.69) is 18.2 Å². The summed E-state index contributed by atoms with van der Waals surface area (Å²) in [5.74, 6) is 0.433. The van der Waals surface area contributed by atoms with Gasteiger partial charge in [-0.1, -0.05) is 12.2 Å². The normalized spacial score (nSPS) is 25.4. The van der Waals surface area contributed by atoms with Gasteiger partial charge >= 0.3 is 5.97 Å². The molecule has 1 aliphatic carbocycles. The van der Waals surface area contributed by atoms with Gasteiger partial charge in [-0.25, -0.2) is 0 Å². The Morgan fingerprint density at radius 1 is 1.50 bits per heavy atom. The fourth-order valence-electron chi connectivity index (χ4n) is 1.72. The Bertz CT molecular complexity index is 265. The largest absolute Gasteiger partial charge is 0.466 e. The number of nitriles is 1. The van der Waals surface area contributed by atoms with Crippen molar-refractivity contribution in [2.45, 2.75) is 26.2 Å². The monoisotopic (exact) mass is 193 g/mol. The van der Waals surface area contributed by atoms with E-state index in [4.69, 9.17) is 10.00 Å². The van der Waals surface area contributed by atoms with Crippen molar-refractivity contribution in [2.24, 2.45) is 11.8 Å². The van der Waals surface area contributed by atoms with Crippen molar-refractivity contribution >= 4 is 5.97 Å². The van der Waals surface area contributed by atoms with E-state index in [-0.39, 0.29) is 5.97 Å². The molecular weight excluding hydrogens is 178 g/mol. The summed E-state index contributed by atoms with van der Waals surface area (Å²) in [5, 5.41) is 8.63. The van der Waals surface area contributed by atoms with E-state index in [1.54, 1.807) is 0 Å². The number of hydrogen-bond donors (Lipinski definition) is 0. The second kappa shape index (κ2) is 5.43. The summed E-state index contributed by atoms with van der Waals surface area (Å²) in [5.41, 5.74) is 0. The van der Waals surface area contributed by atoms with Gasteiger partial charge in [-0.2, -0.15) is 5.26 Å². The van der Waals surface area contributed by atoms with Crippen LogP contribution in [-0.2, 0) is 9.53 Å². The van der Waals surface area contributed by atoms with Crippen molar-refractivity contribution in [2.75, 3.05) is 6.61 Å². The third-order valence-corrected chi connectivity index (χ3v) is 2.57. The van der Waals surface area contributed by atoms with Gasteiger partial charge in [0.1, 0.15) is 0 Å². The number of carbonyl (C=O) groups excluding carboxylic acids is 1. The minimum atomic E-state index is -0.240. The number of rotatable bonds is 3. The lowest BCUT2D eigenvalue weighted by atomic mass is 9.82. The Labute approximate surface area is 84.4 Å². The molecule has 0 N–H and O–H groups in total. The quantitative estimate of drug-likeness (QED) is 0.509. The van der Waals surface area contributed by atoms with Crippen molar-refractivity contribution in [3.05, 3.63) is 12.2 Å². The van der Waals surface area contributed by atoms with Crippen LogP contribution in [-0.4, -0.2) is 12.6 Å². The summed E-state index contributed by atoms with van der Waals surface area (Å²) in [6.45, 7) is 1.87. The Hall–Kier alpha value is -1.30. The van der Waals surface area contributed by atoms with Crippen molar-refractivity contribution in [3.8, 4) is 6.07 Å².